The highest BCUT2D eigenvalue weighted by Gasteiger charge is 2.23. The molecular formula is C22H24N4O3. The molecule has 1 aromatic carbocycles. The zero-order valence-corrected chi connectivity index (χ0v) is 16.6. The van der Waals surface area contributed by atoms with Gasteiger partial charge in [-0.2, -0.15) is 0 Å². The van der Waals surface area contributed by atoms with Crippen molar-refractivity contribution >= 4 is 23.0 Å². The Labute approximate surface area is 169 Å². The SMILES string of the molecule is Cc1ccc(C)c(NC(=O)c2nc(C(=O)NCC3CCCO3)c3ccccn23)c1. The van der Waals surface area contributed by atoms with Crippen LogP contribution in [-0.2, 0) is 4.74 Å². The molecular weight excluding hydrogens is 368 g/mol. The molecule has 3 aromatic rings. The Morgan fingerprint density at radius 1 is 1.21 bits per heavy atom. The fraction of sp³-hybridized carbons (Fsp3) is 0.318. The van der Waals surface area contributed by atoms with Crippen molar-refractivity contribution in [2.75, 3.05) is 18.5 Å². The number of aromatic nitrogens is 2. The second kappa shape index (κ2) is 8.05. The quantitative estimate of drug-likeness (QED) is 0.699. The van der Waals surface area contributed by atoms with Gasteiger partial charge in [0.25, 0.3) is 11.8 Å². The highest BCUT2D eigenvalue weighted by Crippen LogP contribution is 2.19. The molecule has 0 bridgehead atoms. The molecule has 2 aromatic heterocycles. The Morgan fingerprint density at radius 3 is 2.86 bits per heavy atom. The molecule has 7 nitrogen and oxygen atoms in total. The summed E-state index contributed by atoms with van der Waals surface area (Å²) in [5, 5.41) is 5.79. The lowest BCUT2D eigenvalue weighted by Gasteiger charge is -2.09. The number of amides is 2. The van der Waals surface area contributed by atoms with Crippen molar-refractivity contribution in [3.05, 3.63) is 65.2 Å². The van der Waals surface area contributed by atoms with Gasteiger partial charge in [-0.25, -0.2) is 4.98 Å². The van der Waals surface area contributed by atoms with Crippen LogP contribution in [0, 0.1) is 13.8 Å². The second-order valence-electron chi connectivity index (χ2n) is 7.36. The van der Waals surface area contributed by atoms with Gasteiger partial charge < -0.3 is 15.4 Å². The fourth-order valence-corrected chi connectivity index (χ4v) is 3.51. The zero-order valence-electron chi connectivity index (χ0n) is 16.6. The van der Waals surface area contributed by atoms with Crippen LogP contribution >= 0.6 is 0 Å². The Balaban J connectivity index is 1.60. The number of ether oxygens (including phenoxy) is 1. The van der Waals surface area contributed by atoms with Gasteiger partial charge in [-0.05, 0) is 56.0 Å². The summed E-state index contributed by atoms with van der Waals surface area (Å²) in [7, 11) is 0. The van der Waals surface area contributed by atoms with Gasteiger partial charge in [0, 0.05) is 25.0 Å². The summed E-state index contributed by atoms with van der Waals surface area (Å²) in [5.41, 5.74) is 3.55. The average Bonchev–Trinajstić information content (AvgIpc) is 3.37. The van der Waals surface area contributed by atoms with E-state index in [9.17, 15) is 9.59 Å². The number of imidazole rings is 1. The van der Waals surface area contributed by atoms with Crippen LogP contribution in [0.25, 0.3) is 5.52 Å². The third-order valence-corrected chi connectivity index (χ3v) is 5.12. The maximum Gasteiger partial charge on any atom is 0.292 e. The molecule has 1 unspecified atom stereocenters. The first-order chi connectivity index (χ1) is 14.0. The number of carbonyl (C=O) groups excluding carboxylic acids is 2. The lowest BCUT2D eigenvalue weighted by atomic mass is 10.1. The maximum atomic E-state index is 12.9. The van der Waals surface area contributed by atoms with E-state index in [1.807, 2.05) is 38.1 Å². The summed E-state index contributed by atoms with van der Waals surface area (Å²) in [5.74, 6) is -0.503. The Bertz CT molecular complexity index is 1070. The first-order valence-corrected chi connectivity index (χ1v) is 9.78. The summed E-state index contributed by atoms with van der Waals surface area (Å²) in [4.78, 5) is 30.1. The summed E-state index contributed by atoms with van der Waals surface area (Å²) in [6, 6.07) is 11.3. The van der Waals surface area contributed by atoms with Crippen LogP contribution in [0.2, 0.25) is 0 Å². The molecule has 0 spiro atoms. The zero-order chi connectivity index (χ0) is 20.4. The Kier molecular flexibility index (Phi) is 5.31. The maximum absolute atomic E-state index is 12.9. The van der Waals surface area contributed by atoms with E-state index in [1.54, 1.807) is 22.7 Å². The normalized spacial score (nSPS) is 16.1. The number of pyridine rings is 1. The molecule has 1 atom stereocenters. The molecule has 2 N–H and O–H groups in total. The molecule has 2 amide bonds. The molecule has 150 valence electrons. The number of carbonyl (C=O) groups is 2. The Morgan fingerprint density at radius 2 is 2.07 bits per heavy atom. The first kappa shape index (κ1) is 19.1. The highest BCUT2D eigenvalue weighted by atomic mass is 16.5. The molecule has 0 radical (unpaired) electrons. The topological polar surface area (TPSA) is 84.7 Å². The molecule has 1 aliphatic rings. The van der Waals surface area contributed by atoms with Gasteiger partial charge in [0.15, 0.2) is 5.69 Å². The van der Waals surface area contributed by atoms with Crippen molar-refractivity contribution < 1.29 is 14.3 Å². The number of nitrogens with zero attached hydrogens (tertiary/aromatic N) is 2. The van der Waals surface area contributed by atoms with E-state index >= 15 is 0 Å². The van der Waals surface area contributed by atoms with Crippen molar-refractivity contribution in [1.29, 1.82) is 0 Å². The highest BCUT2D eigenvalue weighted by molar-refractivity contribution is 6.06. The number of hydrogen-bond donors (Lipinski definition) is 2. The van der Waals surface area contributed by atoms with Crippen LogP contribution in [0.1, 0.15) is 45.1 Å². The third-order valence-electron chi connectivity index (χ3n) is 5.12. The number of rotatable bonds is 5. The summed E-state index contributed by atoms with van der Waals surface area (Å²) in [6.07, 6.45) is 3.72. The lowest BCUT2D eigenvalue weighted by molar-refractivity contribution is 0.0855. The fourth-order valence-electron chi connectivity index (χ4n) is 3.51. The molecule has 0 aliphatic carbocycles. The van der Waals surface area contributed by atoms with E-state index in [0.717, 1.165) is 36.3 Å². The van der Waals surface area contributed by atoms with Crippen molar-refractivity contribution in [2.24, 2.45) is 0 Å². The number of aryl methyl sites for hydroxylation is 2. The number of hydrogen-bond acceptors (Lipinski definition) is 4. The molecule has 3 heterocycles. The summed E-state index contributed by atoms with van der Waals surface area (Å²) in [6.45, 7) is 5.07. The minimum atomic E-state index is -0.363. The van der Waals surface area contributed by atoms with Crippen LogP contribution in [0.5, 0.6) is 0 Å². The smallest absolute Gasteiger partial charge is 0.292 e. The molecule has 29 heavy (non-hydrogen) atoms. The van der Waals surface area contributed by atoms with Crippen molar-refractivity contribution in [2.45, 2.75) is 32.8 Å². The monoisotopic (exact) mass is 392 g/mol. The van der Waals surface area contributed by atoms with E-state index in [2.05, 4.69) is 15.6 Å². The molecule has 1 fully saturated rings. The summed E-state index contributed by atoms with van der Waals surface area (Å²) >= 11 is 0. The Hall–Kier alpha value is -3.19. The van der Waals surface area contributed by atoms with Crippen molar-refractivity contribution in [3.8, 4) is 0 Å². The average molecular weight is 392 g/mol. The standard InChI is InChI=1S/C22H24N4O3/c1-14-8-9-15(2)17(12-14)24-22(28)20-25-19(18-7-3-4-10-26(18)20)21(27)23-13-16-6-5-11-29-16/h3-4,7-10,12,16H,5-6,11,13H2,1-2H3,(H,23,27)(H,24,28). The van der Waals surface area contributed by atoms with Crippen LogP contribution in [-0.4, -0.2) is 40.5 Å². The van der Waals surface area contributed by atoms with Gasteiger partial charge >= 0.3 is 0 Å². The minimum absolute atomic E-state index is 0.0416. The predicted octanol–water partition coefficient (Wildman–Crippen LogP) is 3.11. The number of anilines is 1. The number of fused-ring (bicyclic) bond motifs is 1. The van der Waals surface area contributed by atoms with E-state index in [0.29, 0.717) is 12.1 Å². The third kappa shape index (κ3) is 4.00. The molecule has 1 saturated heterocycles. The largest absolute Gasteiger partial charge is 0.376 e. The minimum Gasteiger partial charge on any atom is -0.376 e. The van der Waals surface area contributed by atoms with Crippen molar-refractivity contribution in [1.82, 2.24) is 14.7 Å². The molecule has 4 rings (SSSR count). The van der Waals surface area contributed by atoms with Crippen molar-refractivity contribution in [3.63, 3.8) is 0 Å². The van der Waals surface area contributed by atoms with Crippen LogP contribution in [0.15, 0.2) is 42.6 Å². The molecule has 0 saturated carbocycles. The van der Waals surface area contributed by atoms with E-state index in [4.69, 9.17) is 4.74 Å². The van der Waals surface area contributed by atoms with Gasteiger partial charge in [0.2, 0.25) is 5.82 Å². The lowest BCUT2D eigenvalue weighted by Crippen LogP contribution is -2.32. The molecule has 7 heteroatoms. The van der Waals surface area contributed by atoms with Gasteiger partial charge in [0.05, 0.1) is 11.6 Å². The van der Waals surface area contributed by atoms with E-state index in [1.165, 1.54) is 0 Å². The van der Waals surface area contributed by atoms with E-state index < -0.39 is 0 Å². The first-order valence-electron chi connectivity index (χ1n) is 9.78. The number of nitrogens with one attached hydrogen (secondary N) is 2. The molecule has 1 aliphatic heterocycles. The number of benzene rings is 1. The second-order valence-corrected chi connectivity index (χ2v) is 7.36. The van der Waals surface area contributed by atoms with E-state index in [-0.39, 0.29) is 29.4 Å². The van der Waals surface area contributed by atoms with Gasteiger partial charge in [0.1, 0.15) is 0 Å². The van der Waals surface area contributed by atoms with Crippen LogP contribution in [0.3, 0.4) is 0 Å². The van der Waals surface area contributed by atoms with Crippen LogP contribution in [0.4, 0.5) is 5.69 Å². The van der Waals surface area contributed by atoms with Gasteiger partial charge in [-0.1, -0.05) is 18.2 Å². The summed E-state index contributed by atoms with van der Waals surface area (Å²) < 4.78 is 7.19. The van der Waals surface area contributed by atoms with Gasteiger partial charge in [-0.3, -0.25) is 14.0 Å². The van der Waals surface area contributed by atoms with Gasteiger partial charge in [-0.15, -0.1) is 0 Å². The predicted molar refractivity (Wildman–Crippen MR) is 110 cm³/mol. The van der Waals surface area contributed by atoms with Crippen LogP contribution < -0.4 is 10.6 Å².